The lowest BCUT2D eigenvalue weighted by atomic mass is 10.1. The van der Waals surface area contributed by atoms with Crippen LogP contribution in [0.4, 0.5) is 24.8 Å². The first kappa shape index (κ1) is 24.5. The van der Waals surface area contributed by atoms with Gasteiger partial charge in [0.15, 0.2) is 0 Å². The van der Waals surface area contributed by atoms with Crippen LogP contribution in [-0.4, -0.2) is 58.1 Å². The number of amides is 2. The predicted octanol–water partition coefficient (Wildman–Crippen LogP) is 2.67. The summed E-state index contributed by atoms with van der Waals surface area (Å²) in [4.78, 5) is 43.3. The van der Waals surface area contributed by atoms with Crippen molar-refractivity contribution in [1.29, 1.82) is 0 Å². The molecular weight excluding hydrogens is 487 g/mol. The van der Waals surface area contributed by atoms with Gasteiger partial charge in [0, 0.05) is 25.4 Å². The van der Waals surface area contributed by atoms with Crippen LogP contribution in [-0.2, 0) is 17.5 Å². The van der Waals surface area contributed by atoms with Gasteiger partial charge in [0.05, 0.1) is 31.5 Å². The van der Waals surface area contributed by atoms with Gasteiger partial charge in [-0.05, 0) is 18.6 Å². The van der Waals surface area contributed by atoms with Gasteiger partial charge in [-0.15, -0.1) is 11.3 Å². The maximum Gasteiger partial charge on any atom is 0.416 e. The average molecular weight is 507 g/mol. The van der Waals surface area contributed by atoms with Gasteiger partial charge in [-0.3, -0.25) is 9.59 Å². The molecule has 0 bridgehead atoms. The summed E-state index contributed by atoms with van der Waals surface area (Å²) in [5.74, 6) is -0.696. The molecule has 14 heteroatoms. The Morgan fingerprint density at radius 1 is 1.09 bits per heavy atom. The minimum absolute atomic E-state index is 0.0364. The van der Waals surface area contributed by atoms with Crippen LogP contribution >= 0.6 is 11.3 Å². The van der Waals surface area contributed by atoms with Crippen molar-refractivity contribution in [2.45, 2.75) is 19.6 Å². The number of aromatic nitrogens is 4. The molecule has 4 heterocycles. The quantitative estimate of drug-likeness (QED) is 0.522. The SMILES string of the molecule is Cc1cnc(NC(=O)c2cnc(CNC(=O)c3cc(N4CCOCC4)ncn3)s2)cc1C(F)(F)F. The lowest BCUT2D eigenvalue weighted by Gasteiger charge is -2.27. The summed E-state index contributed by atoms with van der Waals surface area (Å²) in [6.45, 7) is 3.81. The molecule has 184 valence electrons. The molecule has 0 saturated carbocycles. The number of pyridine rings is 1. The van der Waals surface area contributed by atoms with Crippen LogP contribution in [0, 0.1) is 6.92 Å². The Morgan fingerprint density at radius 2 is 1.86 bits per heavy atom. The number of thiazole rings is 1. The van der Waals surface area contributed by atoms with E-state index in [2.05, 4.69) is 30.6 Å². The molecule has 10 nitrogen and oxygen atoms in total. The third-order valence-electron chi connectivity index (χ3n) is 5.05. The number of alkyl halides is 3. The van der Waals surface area contributed by atoms with Crippen molar-refractivity contribution >= 4 is 34.8 Å². The molecule has 0 radical (unpaired) electrons. The van der Waals surface area contributed by atoms with Gasteiger partial charge in [-0.25, -0.2) is 19.9 Å². The molecule has 4 rings (SSSR count). The number of ether oxygens (including phenoxy) is 1. The Labute approximate surface area is 201 Å². The van der Waals surface area contributed by atoms with Crippen molar-refractivity contribution in [3.63, 3.8) is 0 Å². The van der Waals surface area contributed by atoms with Crippen molar-refractivity contribution in [3.05, 3.63) is 57.6 Å². The summed E-state index contributed by atoms with van der Waals surface area (Å²) in [5.41, 5.74) is -0.744. The van der Waals surface area contributed by atoms with Crippen molar-refractivity contribution in [1.82, 2.24) is 25.3 Å². The van der Waals surface area contributed by atoms with Gasteiger partial charge >= 0.3 is 6.18 Å². The van der Waals surface area contributed by atoms with E-state index in [1.165, 1.54) is 19.4 Å². The number of hydrogen-bond acceptors (Lipinski definition) is 9. The molecule has 1 saturated heterocycles. The van der Waals surface area contributed by atoms with E-state index in [0.717, 1.165) is 23.6 Å². The van der Waals surface area contributed by atoms with E-state index in [0.29, 0.717) is 37.1 Å². The Hall–Kier alpha value is -3.65. The number of aryl methyl sites for hydroxylation is 1. The molecule has 0 aromatic carbocycles. The molecule has 3 aromatic heterocycles. The van der Waals surface area contributed by atoms with E-state index >= 15 is 0 Å². The van der Waals surface area contributed by atoms with Gasteiger partial charge in [0.25, 0.3) is 11.8 Å². The summed E-state index contributed by atoms with van der Waals surface area (Å²) in [5, 5.41) is 5.46. The highest BCUT2D eigenvalue weighted by atomic mass is 32.1. The number of halogens is 3. The van der Waals surface area contributed by atoms with Gasteiger partial charge in [0.2, 0.25) is 0 Å². The maximum atomic E-state index is 13.1. The summed E-state index contributed by atoms with van der Waals surface area (Å²) < 4.78 is 44.6. The molecule has 35 heavy (non-hydrogen) atoms. The second-order valence-corrected chi connectivity index (χ2v) is 8.61. The number of rotatable bonds is 6. The largest absolute Gasteiger partial charge is 0.416 e. The van der Waals surface area contributed by atoms with Gasteiger partial charge in [0.1, 0.15) is 33.5 Å². The smallest absolute Gasteiger partial charge is 0.378 e. The van der Waals surface area contributed by atoms with Crippen LogP contribution in [0.25, 0.3) is 0 Å². The highest BCUT2D eigenvalue weighted by molar-refractivity contribution is 7.13. The number of carbonyl (C=O) groups excluding carboxylic acids is 2. The zero-order valence-corrected chi connectivity index (χ0v) is 19.2. The van der Waals surface area contributed by atoms with Gasteiger partial charge in [-0.2, -0.15) is 13.2 Å². The topological polar surface area (TPSA) is 122 Å². The zero-order valence-electron chi connectivity index (χ0n) is 18.4. The van der Waals surface area contributed by atoms with E-state index in [1.807, 2.05) is 4.90 Å². The molecule has 1 aliphatic heterocycles. The lowest BCUT2D eigenvalue weighted by Crippen LogP contribution is -2.37. The minimum atomic E-state index is -4.56. The molecular formula is C21H20F3N7O3S. The first-order valence-electron chi connectivity index (χ1n) is 10.4. The fourth-order valence-corrected chi connectivity index (χ4v) is 4.01. The molecule has 2 N–H and O–H groups in total. The Kier molecular flexibility index (Phi) is 7.21. The number of carbonyl (C=O) groups is 2. The standard InChI is InChI=1S/C21H20F3N7O3S/c1-12-8-25-16(6-13(12)21(22,23)24)30-20(33)15-9-26-18(35-15)10-27-19(32)14-7-17(29-11-28-14)31-2-4-34-5-3-31/h6-9,11H,2-5,10H2,1H3,(H,27,32)(H,25,30,33). The molecule has 0 spiro atoms. The highest BCUT2D eigenvalue weighted by Crippen LogP contribution is 2.32. The molecule has 2 amide bonds. The fourth-order valence-electron chi connectivity index (χ4n) is 3.26. The normalized spacial score (nSPS) is 14.0. The van der Waals surface area contributed by atoms with E-state index in [4.69, 9.17) is 4.74 Å². The van der Waals surface area contributed by atoms with Gasteiger partial charge in [-0.1, -0.05) is 0 Å². The number of anilines is 2. The zero-order chi connectivity index (χ0) is 25.0. The van der Waals surface area contributed by atoms with Crippen LogP contribution in [0.3, 0.4) is 0 Å². The maximum absolute atomic E-state index is 13.1. The van der Waals surface area contributed by atoms with Crippen LogP contribution in [0.15, 0.2) is 30.9 Å². The summed E-state index contributed by atoms with van der Waals surface area (Å²) >= 11 is 0.993. The third kappa shape index (κ3) is 6.08. The lowest BCUT2D eigenvalue weighted by molar-refractivity contribution is -0.138. The first-order chi connectivity index (χ1) is 16.7. The van der Waals surface area contributed by atoms with Crippen molar-refractivity contribution in [2.75, 3.05) is 36.5 Å². The molecule has 0 unspecified atom stereocenters. The minimum Gasteiger partial charge on any atom is -0.378 e. The molecule has 1 fully saturated rings. The second kappa shape index (κ2) is 10.3. The average Bonchev–Trinajstić information content (AvgIpc) is 3.33. The predicted molar refractivity (Wildman–Crippen MR) is 120 cm³/mol. The van der Waals surface area contributed by atoms with Crippen molar-refractivity contribution in [3.8, 4) is 0 Å². The van der Waals surface area contributed by atoms with Crippen LogP contribution < -0.4 is 15.5 Å². The van der Waals surface area contributed by atoms with E-state index < -0.39 is 23.6 Å². The first-order valence-corrected chi connectivity index (χ1v) is 11.2. The number of morpholine rings is 1. The number of hydrogen-bond donors (Lipinski definition) is 2. The highest BCUT2D eigenvalue weighted by Gasteiger charge is 2.33. The summed E-state index contributed by atoms with van der Waals surface area (Å²) in [7, 11) is 0. The van der Waals surface area contributed by atoms with E-state index in [9.17, 15) is 22.8 Å². The van der Waals surface area contributed by atoms with E-state index in [-0.39, 0.29) is 28.5 Å². The molecule has 0 atom stereocenters. The fraction of sp³-hybridized carbons (Fsp3) is 0.333. The van der Waals surface area contributed by atoms with Crippen LogP contribution in [0.1, 0.15) is 36.3 Å². The summed E-state index contributed by atoms with van der Waals surface area (Å²) in [6, 6.07) is 2.37. The van der Waals surface area contributed by atoms with E-state index in [1.54, 1.807) is 6.07 Å². The van der Waals surface area contributed by atoms with Crippen LogP contribution in [0.2, 0.25) is 0 Å². The monoisotopic (exact) mass is 507 g/mol. The molecule has 1 aliphatic rings. The Morgan fingerprint density at radius 3 is 2.60 bits per heavy atom. The molecule has 0 aliphatic carbocycles. The number of nitrogens with one attached hydrogen (secondary N) is 2. The van der Waals surface area contributed by atoms with Gasteiger partial charge < -0.3 is 20.3 Å². The van der Waals surface area contributed by atoms with Crippen molar-refractivity contribution in [2.24, 2.45) is 0 Å². The van der Waals surface area contributed by atoms with Crippen molar-refractivity contribution < 1.29 is 27.5 Å². The third-order valence-corrected chi connectivity index (χ3v) is 6.04. The number of nitrogens with zero attached hydrogens (tertiary/aromatic N) is 5. The Bertz CT molecular complexity index is 1230. The summed E-state index contributed by atoms with van der Waals surface area (Å²) in [6.07, 6.45) is -0.922. The Balaban J connectivity index is 1.35. The van der Waals surface area contributed by atoms with Crippen LogP contribution in [0.5, 0.6) is 0 Å². The molecule has 3 aromatic rings. The second-order valence-electron chi connectivity index (χ2n) is 7.50.